The van der Waals surface area contributed by atoms with Gasteiger partial charge in [-0.1, -0.05) is 37.4 Å². The van der Waals surface area contributed by atoms with Gasteiger partial charge < -0.3 is 14.4 Å². The highest BCUT2D eigenvalue weighted by atomic mass is 16.5. The molecule has 0 fully saturated rings. The molecule has 0 saturated carbocycles. The summed E-state index contributed by atoms with van der Waals surface area (Å²) in [6.45, 7) is 10.4. The van der Waals surface area contributed by atoms with Gasteiger partial charge in [0.15, 0.2) is 0 Å². The zero-order valence-corrected chi connectivity index (χ0v) is 17.5. The first-order valence-corrected chi connectivity index (χ1v) is 9.66. The summed E-state index contributed by atoms with van der Waals surface area (Å²) in [5.41, 5.74) is 3.20. The van der Waals surface area contributed by atoms with Gasteiger partial charge in [0.1, 0.15) is 11.5 Å². The Labute approximate surface area is 181 Å². The quantitative estimate of drug-likeness (QED) is 0.265. The number of hydrogen-bond donors (Lipinski definition) is 0. The van der Waals surface area contributed by atoms with Crippen molar-refractivity contribution in [2.45, 2.75) is 13.8 Å². The third kappa shape index (κ3) is 5.48. The Balaban J connectivity index is 1.97. The average Bonchev–Trinajstić information content (AvgIpc) is 2.76. The van der Waals surface area contributed by atoms with Crippen LogP contribution in [-0.2, 0) is 9.59 Å². The fourth-order valence-corrected chi connectivity index (χ4v) is 2.76. The first-order valence-electron chi connectivity index (χ1n) is 9.66. The van der Waals surface area contributed by atoms with Crippen LogP contribution in [0.5, 0.6) is 11.5 Å². The molecule has 31 heavy (non-hydrogen) atoms. The zero-order chi connectivity index (χ0) is 22.4. The van der Waals surface area contributed by atoms with Crippen LogP contribution in [0.25, 0.3) is 0 Å². The number of esters is 2. The van der Waals surface area contributed by atoms with Crippen molar-refractivity contribution in [1.82, 2.24) is 0 Å². The number of anilines is 3. The molecule has 156 valence electrons. The van der Waals surface area contributed by atoms with Crippen molar-refractivity contribution < 1.29 is 19.1 Å². The Hall–Kier alpha value is -4.12. The molecule has 0 atom stereocenters. The van der Waals surface area contributed by atoms with Crippen molar-refractivity contribution in [2.24, 2.45) is 0 Å². The largest absolute Gasteiger partial charge is 0.423 e. The van der Waals surface area contributed by atoms with E-state index in [0.717, 1.165) is 17.1 Å². The van der Waals surface area contributed by atoms with Crippen LogP contribution >= 0.6 is 0 Å². The molecule has 0 aromatic heterocycles. The van der Waals surface area contributed by atoms with Crippen molar-refractivity contribution in [1.29, 1.82) is 0 Å². The van der Waals surface area contributed by atoms with Crippen LogP contribution < -0.4 is 14.4 Å². The fraction of sp³-hybridized carbons (Fsp3) is 0.0769. The molecule has 0 radical (unpaired) electrons. The van der Waals surface area contributed by atoms with E-state index in [9.17, 15) is 9.59 Å². The van der Waals surface area contributed by atoms with Crippen molar-refractivity contribution in [3.05, 3.63) is 103 Å². The van der Waals surface area contributed by atoms with E-state index in [-0.39, 0.29) is 0 Å². The molecule has 0 aliphatic rings. The Morgan fingerprint density at radius 2 is 1.16 bits per heavy atom. The number of para-hydroxylation sites is 1. The topological polar surface area (TPSA) is 55.8 Å². The van der Waals surface area contributed by atoms with Crippen LogP contribution in [0.15, 0.2) is 103 Å². The first-order chi connectivity index (χ1) is 14.8. The van der Waals surface area contributed by atoms with Gasteiger partial charge in [0.2, 0.25) is 0 Å². The van der Waals surface area contributed by atoms with Gasteiger partial charge in [0, 0.05) is 34.3 Å². The lowest BCUT2D eigenvalue weighted by atomic mass is 10.2. The second-order valence-corrected chi connectivity index (χ2v) is 7.00. The van der Waals surface area contributed by atoms with Gasteiger partial charge in [0.05, 0.1) is 0 Å². The van der Waals surface area contributed by atoms with E-state index in [1.54, 1.807) is 38.1 Å². The highest BCUT2D eigenvalue weighted by molar-refractivity contribution is 5.89. The van der Waals surface area contributed by atoms with E-state index in [1.807, 2.05) is 59.5 Å². The molecule has 5 heteroatoms. The number of benzene rings is 3. The smallest absolute Gasteiger partial charge is 0.338 e. The maximum atomic E-state index is 11.9. The van der Waals surface area contributed by atoms with Crippen molar-refractivity contribution in [3.63, 3.8) is 0 Å². The van der Waals surface area contributed by atoms with Gasteiger partial charge in [-0.25, -0.2) is 9.59 Å². The summed E-state index contributed by atoms with van der Waals surface area (Å²) in [5, 5.41) is 0. The van der Waals surface area contributed by atoms with Crippen LogP contribution in [-0.4, -0.2) is 11.9 Å². The maximum absolute atomic E-state index is 11.9. The second-order valence-electron chi connectivity index (χ2n) is 7.00. The van der Waals surface area contributed by atoms with E-state index >= 15 is 0 Å². The summed E-state index contributed by atoms with van der Waals surface area (Å²) in [6, 6.07) is 24.1. The highest BCUT2D eigenvalue weighted by Crippen LogP contribution is 2.36. The Kier molecular flexibility index (Phi) is 6.67. The number of hydrogen-bond acceptors (Lipinski definition) is 5. The molecule has 5 nitrogen and oxygen atoms in total. The van der Waals surface area contributed by atoms with Gasteiger partial charge >= 0.3 is 11.9 Å². The lowest BCUT2D eigenvalue weighted by Gasteiger charge is -2.26. The zero-order valence-electron chi connectivity index (χ0n) is 17.5. The van der Waals surface area contributed by atoms with Crippen LogP contribution in [0, 0.1) is 0 Å². The number of nitrogens with zero attached hydrogens (tertiary/aromatic N) is 1. The number of ether oxygens (including phenoxy) is 2. The number of carbonyl (C=O) groups is 2. The van der Waals surface area contributed by atoms with Crippen LogP contribution in [0.1, 0.15) is 13.8 Å². The standard InChI is InChI=1S/C26H23NO4/c1-18(2)25(28)30-23-15-13-21(14-16-23)27(20-9-6-5-7-10-20)22-11-8-12-24(17-22)31-26(29)19(3)4/h5-17H,1,3H2,2,4H3. The van der Waals surface area contributed by atoms with Crippen LogP contribution in [0.4, 0.5) is 17.1 Å². The molecule has 3 rings (SSSR count). The predicted octanol–water partition coefficient (Wildman–Crippen LogP) is 6.12. The van der Waals surface area contributed by atoms with Crippen molar-refractivity contribution in [2.75, 3.05) is 4.90 Å². The Morgan fingerprint density at radius 1 is 0.645 bits per heavy atom. The lowest BCUT2D eigenvalue weighted by molar-refractivity contribution is -0.130. The molecule has 0 bridgehead atoms. The van der Waals surface area contributed by atoms with Crippen LogP contribution in [0.3, 0.4) is 0 Å². The third-order valence-corrected chi connectivity index (χ3v) is 4.30. The maximum Gasteiger partial charge on any atom is 0.338 e. The minimum absolute atomic E-state index is 0.324. The minimum atomic E-state index is -0.480. The van der Waals surface area contributed by atoms with E-state index in [1.165, 1.54) is 0 Å². The Bertz CT molecular complexity index is 1120. The van der Waals surface area contributed by atoms with Crippen LogP contribution in [0.2, 0.25) is 0 Å². The minimum Gasteiger partial charge on any atom is -0.423 e. The van der Waals surface area contributed by atoms with Crippen molar-refractivity contribution in [3.8, 4) is 11.5 Å². The molecule has 0 aliphatic carbocycles. The van der Waals surface area contributed by atoms with Crippen molar-refractivity contribution >= 4 is 29.0 Å². The number of rotatable bonds is 7. The normalized spacial score (nSPS) is 10.1. The molecule has 0 N–H and O–H groups in total. The summed E-state index contributed by atoms with van der Waals surface area (Å²) >= 11 is 0. The summed E-state index contributed by atoms with van der Waals surface area (Å²) in [6.07, 6.45) is 0. The summed E-state index contributed by atoms with van der Waals surface area (Å²) in [4.78, 5) is 25.7. The lowest BCUT2D eigenvalue weighted by Crippen LogP contribution is -2.12. The highest BCUT2D eigenvalue weighted by Gasteiger charge is 2.15. The molecular weight excluding hydrogens is 390 g/mol. The predicted molar refractivity (Wildman–Crippen MR) is 122 cm³/mol. The van der Waals surface area contributed by atoms with Gasteiger partial charge in [-0.3, -0.25) is 0 Å². The molecule has 3 aromatic rings. The molecule has 0 heterocycles. The number of carbonyl (C=O) groups excluding carboxylic acids is 2. The fourth-order valence-electron chi connectivity index (χ4n) is 2.76. The average molecular weight is 413 g/mol. The SMILES string of the molecule is C=C(C)C(=O)Oc1ccc(N(c2ccccc2)c2cccc(OC(=O)C(=C)C)c2)cc1. The molecule has 0 unspecified atom stereocenters. The third-order valence-electron chi connectivity index (χ3n) is 4.30. The molecule has 0 aliphatic heterocycles. The van der Waals surface area contributed by atoms with E-state index in [0.29, 0.717) is 22.6 Å². The van der Waals surface area contributed by atoms with E-state index in [2.05, 4.69) is 13.2 Å². The van der Waals surface area contributed by atoms with Gasteiger partial charge in [-0.2, -0.15) is 0 Å². The van der Waals surface area contributed by atoms with Gasteiger partial charge in [0.25, 0.3) is 0 Å². The summed E-state index contributed by atoms with van der Waals surface area (Å²) < 4.78 is 10.7. The second kappa shape index (κ2) is 9.59. The molecule has 3 aromatic carbocycles. The van der Waals surface area contributed by atoms with Gasteiger partial charge in [-0.15, -0.1) is 0 Å². The molecule has 0 saturated heterocycles. The monoisotopic (exact) mass is 413 g/mol. The summed E-state index contributed by atoms with van der Waals surface area (Å²) in [7, 11) is 0. The Morgan fingerprint density at radius 3 is 1.74 bits per heavy atom. The summed E-state index contributed by atoms with van der Waals surface area (Å²) in [5.74, 6) is -0.112. The molecular formula is C26H23NO4. The van der Waals surface area contributed by atoms with Gasteiger partial charge in [-0.05, 0) is 62.4 Å². The van der Waals surface area contributed by atoms with E-state index < -0.39 is 11.9 Å². The first kappa shape index (κ1) is 21.6. The van der Waals surface area contributed by atoms with E-state index in [4.69, 9.17) is 9.47 Å². The molecule has 0 spiro atoms. The molecule has 0 amide bonds.